The predicted octanol–water partition coefficient (Wildman–Crippen LogP) is 3.39. The van der Waals surface area contributed by atoms with Crippen molar-refractivity contribution < 1.29 is 9.26 Å². The van der Waals surface area contributed by atoms with E-state index in [1.165, 1.54) is 0 Å². The number of nitrogens with zero attached hydrogens (tertiary/aromatic N) is 2. The lowest BCUT2D eigenvalue weighted by Crippen LogP contribution is -1.91. The van der Waals surface area contributed by atoms with E-state index in [1.54, 1.807) is 13.2 Å². The second-order valence-corrected chi connectivity index (χ2v) is 5.05. The summed E-state index contributed by atoms with van der Waals surface area (Å²) < 4.78 is 12.3. The number of aromatic nitrogens is 2. The third-order valence-electron chi connectivity index (χ3n) is 3.55. The van der Waals surface area contributed by atoms with Gasteiger partial charge in [-0.15, -0.1) is 0 Å². The predicted molar refractivity (Wildman–Crippen MR) is 79.1 cm³/mol. The molecule has 2 N–H and O–H groups in total. The van der Waals surface area contributed by atoms with Crippen LogP contribution in [0.4, 0.5) is 5.88 Å². The van der Waals surface area contributed by atoms with Gasteiger partial charge in [0.25, 0.3) is 0 Å². The van der Waals surface area contributed by atoms with Crippen molar-refractivity contribution in [2.24, 2.45) is 7.05 Å². The van der Waals surface area contributed by atoms with Gasteiger partial charge >= 0.3 is 0 Å². The number of benzene rings is 1. The zero-order valence-corrected chi connectivity index (χ0v) is 12.2. The second-order valence-electron chi connectivity index (χ2n) is 4.64. The molecular formula is C14H14ClN3O2. The van der Waals surface area contributed by atoms with Crippen LogP contribution in [0.15, 0.2) is 22.7 Å². The van der Waals surface area contributed by atoms with E-state index in [4.69, 9.17) is 26.6 Å². The molecule has 0 atom stereocenters. The van der Waals surface area contributed by atoms with Crippen molar-refractivity contribution >= 4 is 28.4 Å². The largest absolute Gasteiger partial charge is 0.495 e. The molecule has 1 aromatic carbocycles. The van der Waals surface area contributed by atoms with Crippen LogP contribution in [-0.2, 0) is 7.05 Å². The summed E-state index contributed by atoms with van der Waals surface area (Å²) in [5, 5.41) is 5.58. The Morgan fingerprint density at radius 2 is 2.10 bits per heavy atom. The van der Waals surface area contributed by atoms with Crippen LogP contribution in [0.3, 0.4) is 0 Å². The van der Waals surface area contributed by atoms with E-state index in [1.807, 2.05) is 26.1 Å². The highest BCUT2D eigenvalue weighted by Crippen LogP contribution is 2.38. The fourth-order valence-corrected chi connectivity index (χ4v) is 2.69. The number of hydrogen-bond donors (Lipinski definition) is 1. The summed E-state index contributed by atoms with van der Waals surface area (Å²) in [5.41, 5.74) is 9.35. The van der Waals surface area contributed by atoms with Crippen molar-refractivity contribution in [3.05, 3.63) is 28.9 Å². The number of rotatable bonds is 2. The monoisotopic (exact) mass is 291 g/mol. The maximum Gasteiger partial charge on any atom is 0.222 e. The molecule has 6 heteroatoms. The van der Waals surface area contributed by atoms with Crippen molar-refractivity contribution in [3.8, 4) is 17.0 Å². The molecule has 20 heavy (non-hydrogen) atoms. The number of anilines is 1. The Hall–Kier alpha value is -2.14. The van der Waals surface area contributed by atoms with E-state index in [2.05, 4.69) is 9.72 Å². The van der Waals surface area contributed by atoms with Crippen molar-refractivity contribution in [2.75, 3.05) is 12.8 Å². The number of methoxy groups -OCH3 is 1. The van der Waals surface area contributed by atoms with Crippen molar-refractivity contribution in [2.45, 2.75) is 6.92 Å². The number of fused-ring (bicyclic) bond motifs is 1. The van der Waals surface area contributed by atoms with Crippen LogP contribution >= 0.6 is 11.6 Å². The van der Waals surface area contributed by atoms with Crippen LogP contribution < -0.4 is 10.5 Å². The minimum Gasteiger partial charge on any atom is -0.495 e. The van der Waals surface area contributed by atoms with Gasteiger partial charge < -0.3 is 19.6 Å². The Morgan fingerprint density at radius 1 is 1.35 bits per heavy atom. The lowest BCUT2D eigenvalue weighted by atomic mass is 10.1. The van der Waals surface area contributed by atoms with Gasteiger partial charge in [-0.3, -0.25) is 0 Å². The average molecular weight is 292 g/mol. The number of nitrogens with two attached hydrogens (primary N) is 1. The van der Waals surface area contributed by atoms with E-state index >= 15 is 0 Å². The lowest BCUT2D eigenvalue weighted by Gasteiger charge is -2.04. The van der Waals surface area contributed by atoms with Crippen molar-refractivity contribution in [3.63, 3.8) is 0 Å². The van der Waals surface area contributed by atoms with Gasteiger partial charge in [0, 0.05) is 29.8 Å². The molecule has 0 aliphatic rings. The number of halogens is 1. The molecule has 0 radical (unpaired) electrons. The first-order valence-electron chi connectivity index (χ1n) is 6.08. The molecule has 3 aromatic rings. The molecule has 0 aliphatic heterocycles. The minimum absolute atomic E-state index is 0.289. The third-order valence-corrected chi connectivity index (χ3v) is 3.85. The maximum absolute atomic E-state index is 6.19. The zero-order valence-electron chi connectivity index (χ0n) is 11.4. The van der Waals surface area contributed by atoms with Gasteiger partial charge in [-0.1, -0.05) is 16.8 Å². The van der Waals surface area contributed by atoms with Crippen LogP contribution in [0.1, 0.15) is 5.69 Å². The molecule has 3 rings (SSSR count). The standard InChI is InChI=1S/C14H14ClN3O2/c1-7-14(10-6-13(16)20-17-10)8-4-12(19-3)9(15)5-11(8)18(7)2/h4-6H,16H2,1-3H3. The SMILES string of the molecule is COc1cc2c(-c3cc(N)on3)c(C)n(C)c2cc1Cl. The fourth-order valence-electron chi connectivity index (χ4n) is 2.45. The van der Waals surface area contributed by atoms with Gasteiger partial charge in [0.1, 0.15) is 11.4 Å². The summed E-state index contributed by atoms with van der Waals surface area (Å²) in [6, 6.07) is 5.50. The van der Waals surface area contributed by atoms with E-state index < -0.39 is 0 Å². The molecule has 0 bridgehead atoms. The van der Waals surface area contributed by atoms with Crippen LogP contribution in [0.2, 0.25) is 5.02 Å². The molecule has 5 nitrogen and oxygen atoms in total. The first-order valence-corrected chi connectivity index (χ1v) is 6.45. The van der Waals surface area contributed by atoms with Crippen LogP contribution in [0, 0.1) is 6.92 Å². The smallest absolute Gasteiger partial charge is 0.222 e. The Bertz CT molecular complexity index is 804. The summed E-state index contributed by atoms with van der Waals surface area (Å²) in [6.45, 7) is 2.01. The maximum atomic E-state index is 6.19. The summed E-state index contributed by atoms with van der Waals surface area (Å²) in [7, 11) is 3.57. The first-order chi connectivity index (χ1) is 9.52. The molecule has 104 valence electrons. The molecule has 0 spiro atoms. The molecule has 0 unspecified atom stereocenters. The number of nitrogen functional groups attached to an aromatic ring is 1. The van der Waals surface area contributed by atoms with Gasteiger partial charge in [0.2, 0.25) is 5.88 Å². The van der Waals surface area contributed by atoms with Crippen LogP contribution in [0.5, 0.6) is 5.75 Å². The summed E-state index contributed by atoms with van der Waals surface area (Å²) in [6.07, 6.45) is 0. The summed E-state index contributed by atoms with van der Waals surface area (Å²) in [4.78, 5) is 0. The summed E-state index contributed by atoms with van der Waals surface area (Å²) >= 11 is 6.19. The van der Waals surface area contributed by atoms with Gasteiger partial charge in [-0.25, -0.2) is 0 Å². The minimum atomic E-state index is 0.289. The van der Waals surface area contributed by atoms with Crippen LogP contribution in [0.25, 0.3) is 22.2 Å². The Labute approximate surface area is 120 Å². The van der Waals surface area contributed by atoms with E-state index in [0.29, 0.717) is 16.5 Å². The molecule has 0 saturated heterocycles. The first kappa shape index (κ1) is 12.9. The second kappa shape index (κ2) is 4.45. The highest BCUT2D eigenvalue weighted by molar-refractivity contribution is 6.33. The van der Waals surface area contributed by atoms with Crippen molar-refractivity contribution in [1.82, 2.24) is 9.72 Å². The van der Waals surface area contributed by atoms with E-state index in [-0.39, 0.29) is 5.88 Å². The quantitative estimate of drug-likeness (QED) is 0.786. The number of hydrogen-bond acceptors (Lipinski definition) is 4. The number of aryl methyl sites for hydroxylation is 1. The van der Waals surface area contributed by atoms with Crippen molar-refractivity contribution in [1.29, 1.82) is 0 Å². The zero-order chi connectivity index (χ0) is 14.4. The molecule has 2 heterocycles. The topological polar surface area (TPSA) is 66.2 Å². The normalized spacial score (nSPS) is 11.2. The average Bonchev–Trinajstić information content (AvgIpc) is 2.93. The highest BCUT2D eigenvalue weighted by Gasteiger charge is 2.18. The number of ether oxygens (including phenoxy) is 1. The molecule has 0 fully saturated rings. The fraction of sp³-hybridized carbons (Fsp3) is 0.214. The summed E-state index contributed by atoms with van der Waals surface area (Å²) in [5.74, 6) is 0.916. The van der Waals surface area contributed by atoms with Gasteiger partial charge in [0.05, 0.1) is 17.6 Å². The Kier molecular flexibility index (Phi) is 2.87. The lowest BCUT2D eigenvalue weighted by molar-refractivity contribution is 0.415. The molecule has 0 aliphatic carbocycles. The highest BCUT2D eigenvalue weighted by atomic mass is 35.5. The Morgan fingerprint density at radius 3 is 2.70 bits per heavy atom. The molecule has 0 saturated carbocycles. The van der Waals surface area contributed by atoms with E-state index in [9.17, 15) is 0 Å². The van der Waals surface area contributed by atoms with Gasteiger partial charge in [-0.2, -0.15) is 0 Å². The van der Waals surface area contributed by atoms with E-state index in [0.717, 1.165) is 22.2 Å². The van der Waals surface area contributed by atoms with Gasteiger partial charge in [-0.05, 0) is 19.1 Å². The third kappa shape index (κ3) is 1.74. The molecule has 0 amide bonds. The van der Waals surface area contributed by atoms with Crippen LogP contribution in [-0.4, -0.2) is 16.8 Å². The molecular weight excluding hydrogens is 278 g/mol. The molecule has 2 aromatic heterocycles. The Balaban J connectivity index is 2.39. The van der Waals surface area contributed by atoms with Gasteiger partial charge in [0.15, 0.2) is 0 Å².